The average Bonchev–Trinajstić information content (AvgIpc) is 2.79. The van der Waals surface area contributed by atoms with Gasteiger partial charge >= 0.3 is 5.97 Å². The second kappa shape index (κ2) is 10.0. The van der Waals surface area contributed by atoms with Crippen LogP contribution in [0, 0.1) is 11.7 Å². The van der Waals surface area contributed by atoms with Gasteiger partial charge in [0.1, 0.15) is 11.9 Å². The molecule has 0 aromatic heterocycles. The largest absolute Gasteiger partial charge is 0.467 e. The molecule has 1 aliphatic rings. The van der Waals surface area contributed by atoms with Crippen molar-refractivity contribution in [1.29, 1.82) is 0 Å². The first-order valence-corrected chi connectivity index (χ1v) is 9.95. The fourth-order valence-corrected chi connectivity index (χ4v) is 3.59. The van der Waals surface area contributed by atoms with Crippen molar-refractivity contribution in [2.75, 3.05) is 20.2 Å². The lowest BCUT2D eigenvalue weighted by atomic mass is 9.94. The number of nitrogens with one attached hydrogen (secondary N) is 1. The summed E-state index contributed by atoms with van der Waals surface area (Å²) in [5, 5.41) is 2.81. The molecule has 0 spiro atoms. The first-order chi connectivity index (χ1) is 14.5. The number of nitrogens with zero attached hydrogens (tertiary/aromatic N) is 1. The SMILES string of the molecule is COC(=O)C(Cc1ccccc1)NC(=O)C1CCN(C(=O)c2ccc(F)cc2)CC1. The number of rotatable bonds is 6. The Balaban J connectivity index is 1.56. The van der Waals surface area contributed by atoms with Gasteiger partial charge in [-0.3, -0.25) is 9.59 Å². The van der Waals surface area contributed by atoms with Crippen LogP contribution in [-0.2, 0) is 20.7 Å². The molecule has 1 saturated heterocycles. The van der Waals surface area contributed by atoms with E-state index in [1.165, 1.54) is 31.4 Å². The van der Waals surface area contributed by atoms with E-state index in [0.29, 0.717) is 37.9 Å². The summed E-state index contributed by atoms with van der Waals surface area (Å²) in [6.07, 6.45) is 1.34. The highest BCUT2D eigenvalue weighted by atomic mass is 19.1. The van der Waals surface area contributed by atoms with Crippen LogP contribution in [0.25, 0.3) is 0 Å². The van der Waals surface area contributed by atoms with Crippen LogP contribution < -0.4 is 5.32 Å². The molecule has 2 aromatic carbocycles. The summed E-state index contributed by atoms with van der Waals surface area (Å²) in [6, 6.07) is 14.1. The summed E-state index contributed by atoms with van der Waals surface area (Å²) < 4.78 is 17.9. The fourth-order valence-electron chi connectivity index (χ4n) is 3.59. The zero-order chi connectivity index (χ0) is 21.5. The third kappa shape index (κ3) is 5.43. The molecule has 1 N–H and O–H groups in total. The molecule has 158 valence electrons. The molecule has 1 atom stereocenters. The van der Waals surface area contributed by atoms with Crippen molar-refractivity contribution in [3.63, 3.8) is 0 Å². The highest BCUT2D eigenvalue weighted by molar-refractivity contribution is 5.94. The van der Waals surface area contributed by atoms with Crippen LogP contribution in [0.3, 0.4) is 0 Å². The number of hydrogen-bond donors (Lipinski definition) is 1. The van der Waals surface area contributed by atoms with Crippen LogP contribution in [0.1, 0.15) is 28.8 Å². The van der Waals surface area contributed by atoms with Gasteiger partial charge in [-0.25, -0.2) is 9.18 Å². The van der Waals surface area contributed by atoms with E-state index >= 15 is 0 Å². The van der Waals surface area contributed by atoms with Gasteiger partial charge in [0, 0.05) is 31.0 Å². The van der Waals surface area contributed by atoms with E-state index in [-0.39, 0.29) is 17.7 Å². The zero-order valence-electron chi connectivity index (χ0n) is 16.8. The van der Waals surface area contributed by atoms with Gasteiger partial charge in [-0.15, -0.1) is 0 Å². The molecule has 6 nitrogen and oxygen atoms in total. The van der Waals surface area contributed by atoms with Crippen molar-refractivity contribution in [1.82, 2.24) is 10.2 Å². The smallest absolute Gasteiger partial charge is 0.328 e. The fraction of sp³-hybridized carbons (Fsp3) is 0.348. The molecule has 1 aliphatic heterocycles. The Morgan fingerprint density at radius 2 is 1.70 bits per heavy atom. The van der Waals surface area contributed by atoms with E-state index in [1.807, 2.05) is 30.3 Å². The molecule has 7 heteroatoms. The van der Waals surface area contributed by atoms with E-state index in [1.54, 1.807) is 4.90 Å². The lowest BCUT2D eigenvalue weighted by Crippen LogP contribution is -2.48. The topological polar surface area (TPSA) is 75.7 Å². The van der Waals surface area contributed by atoms with Crippen molar-refractivity contribution in [2.24, 2.45) is 5.92 Å². The summed E-state index contributed by atoms with van der Waals surface area (Å²) in [6.45, 7) is 0.853. The quantitative estimate of drug-likeness (QED) is 0.740. The zero-order valence-corrected chi connectivity index (χ0v) is 16.8. The number of esters is 1. The number of likely N-dealkylation sites (tertiary alicyclic amines) is 1. The second-order valence-electron chi connectivity index (χ2n) is 7.35. The Bertz CT molecular complexity index is 878. The molecule has 0 aliphatic carbocycles. The summed E-state index contributed by atoms with van der Waals surface area (Å²) in [5.74, 6) is -1.56. The number of hydrogen-bond acceptors (Lipinski definition) is 4. The van der Waals surface area contributed by atoms with Crippen LogP contribution in [0.15, 0.2) is 54.6 Å². The number of carbonyl (C=O) groups excluding carboxylic acids is 3. The standard InChI is InChI=1S/C23H25FN2O4/c1-30-23(29)20(15-16-5-3-2-4-6-16)25-21(27)17-11-13-26(14-12-17)22(28)18-7-9-19(24)10-8-18/h2-10,17,20H,11-15H2,1H3,(H,25,27). The van der Waals surface area contributed by atoms with Crippen LogP contribution in [-0.4, -0.2) is 48.9 Å². The van der Waals surface area contributed by atoms with Crippen LogP contribution in [0.2, 0.25) is 0 Å². The van der Waals surface area contributed by atoms with Crippen molar-refractivity contribution in [3.8, 4) is 0 Å². The number of piperidine rings is 1. The van der Waals surface area contributed by atoms with Gasteiger partial charge in [-0.1, -0.05) is 30.3 Å². The first-order valence-electron chi connectivity index (χ1n) is 9.95. The van der Waals surface area contributed by atoms with E-state index in [2.05, 4.69) is 5.32 Å². The van der Waals surface area contributed by atoms with E-state index in [0.717, 1.165) is 5.56 Å². The molecule has 1 unspecified atom stereocenters. The van der Waals surface area contributed by atoms with E-state index < -0.39 is 17.8 Å². The molecule has 3 rings (SSSR count). The van der Waals surface area contributed by atoms with Crippen LogP contribution in [0.4, 0.5) is 4.39 Å². The molecule has 1 heterocycles. The summed E-state index contributed by atoms with van der Waals surface area (Å²) in [5.41, 5.74) is 1.35. The van der Waals surface area contributed by atoms with Crippen molar-refractivity contribution < 1.29 is 23.5 Å². The van der Waals surface area contributed by atoms with Gasteiger partial charge in [0.15, 0.2) is 0 Å². The Morgan fingerprint density at radius 3 is 2.30 bits per heavy atom. The lowest BCUT2D eigenvalue weighted by molar-refractivity contribution is -0.145. The third-order valence-corrected chi connectivity index (χ3v) is 5.33. The van der Waals surface area contributed by atoms with Gasteiger partial charge in [0.25, 0.3) is 5.91 Å². The number of methoxy groups -OCH3 is 1. The summed E-state index contributed by atoms with van der Waals surface area (Å²) in [4.78, 5) is 39.1. The lowest BCUT2D eigenvalue weighted by Gasteiger charge is -2.32. The summed E-state index contributed by atoms with van der Waals surface area (Å²) >= 11 is 0. The second-order valence-corrected chi connectivity index (χ2v) is 7.35. The van der Waals surface area contributed by atoms with Crippen molar-refractivity contribution in [2.45, 2.75) is 25.3 Å². The minimum atomic E-state index is -0.760. The molecule has 2 amide bonds. The van der Waals surface area contributed by atoms with E-state index in [4.69, 9.17) is 4.74 Å². The predicted octanol–water partition coefficient (Wildman–Crippen LogP) is 2.58. The maximum atomic E-state index is 13.1. The predicted molar refractivity (Wildman–Crippen MR) is 109 cm³/mol. The van der Waals surface area contributed by atoms with Gasteiger partial charge in [-0.05, 0) is 42.7 Å². The van der Waals surface area contributed by atoms with Crippen molar-refractivity contribution in [3.05, 3.63) is 71.5 Å². The Hall–Kier alpha value is -3.22. The van der Waals surface area contributed by atoms with E-state index in [9.17, 15) is 18.8 Å². The normalized spacial score (nSPS) is 15.3. The Labute approximate surface area is 175 Å². The Morgan fingerprint density at radius 1 is 1.07 bits per heavy atom. The first kappa shape index (κ1) is 21.5. The van der Waals surface area contributed by atoms with Gasteiger partial charge < -0.3 is 15.0 Å². The Kier molecular flexibility index (Phi) is 7.17. The number of benzene rings is 2. The number of halogens is 1. The highest BCUT2D eigenvalue weighted by Gasteiger charge is 2.30. The highest BCUT2D eigenvalue weighted by Crippen LogP contribution is 2.20. The average molecular weight is 412 g/mol. The molecular weight excluding hydrogens is 387 g/mol. The molecule has 1 fully saturated rings. The molecule has 2 aromatic rings. The molecular formula is C23H25FN2O4. The van der Waals surface area contributed by atoms with Gasteiger partial charge in [0.2, 0.25) is 5.91 Å². The van der Waals surface area contributed by atoms with Crippen LogP contribution in [0.5, 0.6) is 0 Å². The number of carbonyl (C=O) groups is 3. The minimum Gasteiger partial charge on any atom is -0.467 e. The molecule has 30 heavy (non-hydrogen) atoms. The molecule has 0 bridgehead atoms. The maximum Gasteiger partial charge on any atom is 0.328 e. The van der Waals surface area contributed by atoms with Crippen LogP contribution >= 0.6 is 0 Å². The van der Waals surface area contributed by atoms with Gasteiger partial charge in [0.05, 0.1) is 7.11 Å². The number of amides is 2. The molecule has 0 radical (unpaired) electrons. The third-order valence-electron chi connectivity index (χ3n) is 5.33. The van der Waals surface area contributed by atoms with Gasteiger partial charge in [-0.2, -0.15) is 0 Å². The number of ether oxygens (including phenoxy) is 1. The monoisotopic (exact) mass is 412 g/mol. The molecule has 0 saturated carbocycles. The maximum absolute atomic E-state index is 13.1. The summed E-state index contributed by atoms with van der Waals surface area (Å²) in [7, 11) is 1.30. The minimum absolute atomic E-state index is 0.176. The van der Waals surface area contributed by atoms with Crippen molar-refractivity contribution >= 4 is 17.8 Å².